The van der Waals surface area contributed by atoms with E-state index in [9.17, 15) is 9.90 Å². The molecule has 0 atom stereocenters. The van der Waals surface area contributed by atoms with Gasteiger partial charge in [-0.1, -0.05) is 44.0 Å². The number of aliphatic hydroxyl groups excluding tert-OH is 1. The van der Waals surface area contributed by atoms with E-state index in [1.54, 1.807) is 0 Å². The topological polar surface area (TPSA) is 49.3 Å². The fourth-order valence-electron chi connectivity index (χ4n) is 3.01. The van der Waals surface area contributed by atoms with Crippen LogP contribution in [0.1, 0.15) is 41.8 Å². The summed E-state index contributed by atoms with van der Waals surface area (Å²) in [5.41, 5.74) is -0.647. The third kappa shape index (κ3) is 2.68. The summed E-state index contributed by atoms with van der Waals surface area (Å²) in [6.45, 7) is 3.68. The quantitative estimate of drug-likeness (QED) is 0.825. The van der Waals surface area contributed by atoms with Crippen molar-refractivity contribution in [1.82, 2.24) is 5.32 Å². The van der Waals surface area contributed by atoms with Crippen molar-refractivity contribution >= 4 is 27.3 Å². The number of rotatable bonds is 3. The Kier molecular flexibility index (Phi) is 3.72. The lowest BCUT2D eigenvalue weighted by molar-refractivity contribution is 0.0862. The van der Waals surface area contributed by atoms with Crippen molar-refractivity contribution in [2.75, 3.05) is 0 Å². The molecule has 1 fully saturated rings. The number of hydrogen-bond acceptors (Lipinski definition) is 3. The van der Waals surface area contributed by atoms with Crippen molar-refractivity contribution in [2.45, 2.75) is 37.6 Å². The first-order valence-electron chi connectivity index (χ1n) is 7.30. The van der Waals surface area contributed by atoms with E-state index < -0.39 is 5.54 Å². The highest BCUT2D eigenvalue weighted by Gasteiger charge is 2.37. The molecule has 0 radical (unpaired) electrons. The highest BCUT2D eigenvalue weighted by atomic mass is 32.1. The van der Waals surface area contributed by atoms with Crippen LogP contribution in [0.25, 0.3) is 10.1 Å². The Labute approximate surface area is 128 Å². The first-order chi connectivity index (χ1) is 10.1. The average Bonchev–Trinajstić information content (AvgIpc) is 2.92. The fraction of sp³-hybridized carbons (Fsp3) is 0.353. The molecule has 0 aliphatic heterocycles. The van der Waals surface area contributed by atoms with Gasteiger partial charge in [0.1, 0.15) is 5.76 Å². The van der Waals surface area contributed by atoms with Gasteiger partial charge in [-0.3, -0.25) is 4.79 Å². The van der Waals surface area contributed by atoms with Crippen LogP contribution in [0.5, 0.6) is 0 Å². The standard InChI is InChI=1S/C17H19NO2S/c1-12(19)17(9-5-2-6-10-17)18-16(20)15-11-13-7-3-4-8-14(13)21-15/h3-4,7-8,11,19H,1-2,5-6,9-10H2,(H,18,20). The summed E-state index contributed by atoms with van der Waals surface area (Å²) in [6, 6.07) is 9.86. The maximum atomic E-state index is 12.5. The molecule has 0 unspecified atom stereocenters. The number of amides is 1. The molecule has 4 heteroatoms. The van der Waals surface area contributed by atoms with E-state index in [4.69, 9.17) is 0 Å². The van der Waals surface area contributed by atoms with Gasteiger partial charge in [-0.25, -0.2) is 0 Å². The molecule has 1 saturated carbocycles. The lowest BCUT2D eigenvalue weighted by Crippen LogP contribution is -2.50. The molecule has 21 heavy (non-hydrogen) atoms. The summed E-state index contributed by atoms with van der Waals surface area (Å²) in [6.07, 6.45) is 4.68. The summed E-state index contributed by atoms with van der Waals surface area (Å²) >= 11 is 1.48. The van der Waals surface area contributed by atoms with Gasteiger partial charge in [0, 0.05) is 4.70 Å². The van der Waals surface area contributed by atoms with Gasteiger partial charge >= 0.3 is 0 Å². The summed E-state index contributed by atoms with van der Waals surface area (Å²) in [7, 11) is 0. The van der Waals surface area contributed by atoms with Gasteiger partial charge in [0.2, 0.25) is 0 Å². The number of nitrogens with one attached hydrogen (secondary N) is 1. The molecule has 1 aliphatic carbocycles. The van der Waals surface area contributed by atoms with E-state index in [1.165, 1.54) is 11.3 Å². The van der Waals surface area contributed by atoms with Crippen LogP contribution in [0.3, 0.4) is 0 Å². The van der Waals surface area contributed by atoms with Gasteiger partial charge in [-0.05, 0) is 30.4 Å². The van der Waals surface area contributed by atoms with Gasteiger partial charge in [0.25, 0.3) is 5.91 Å². The molecule has 3 nitrogen and oxygen atoms in total. The first kappa shape index (κ1) is 14.1. The Morgan fingerprint density at radius 1 is 1.24 bits per heavy atom. The largest absolute Gasteiger partial charge is 0.510 e. The van der Waals surface area contributed by atoms with Crippen LogP contribution in [0, 0.1) is 0 Å². The Bertz CT molecular complexity index is 650. The van der Waals surface area contributed by atoms with Crippen LogP contribution in [0.15, 0.2) is 42.7 Å². The predicted octanol–water partition coefficient (Wildman–Crippen LogP) is 4.41. The molecule has 1 aliphatic rings. The van der Waals surface area contributed by atoms with Crippen molar-refractivity contribution < 1.29 is 9.90 Å². The van der Waals surface area contributed by atoms with E-state index in [-0.39, 0.29) is 11.7 Å². The molecule has 1 aromatic carbocycles. The Hall–Kier alpha value is -1.81. The summed E-state index contributed by atoms with van der Waals surface area (Å²) < 4.78 is 1.10. The molecule has 2 N–H and O–H groups in total. The second-order valence-electron chi connectivity index (χ2n) is 5.69. The number of benzene rings is 1. The number of carbonyl (C=O) groups excluding carboxylic acids is 1. The van der Waals surface area contributed by atoms with Gasteiger partial charge in [-0.2, -0.15) is 0 Å². The van der Waals surface area contributed by atoms with Crippen LogP contribution >= 0.6 is 11.3 Å². The van der Waals surface area contributed by atoms with Crippen molar-refractivity contribution in [3.05, 3.63) is 47.5 Å². The highest BCUT2D eigenvalue weighted by molar-refractivity contribution is 7.20. The van der Waals surface area contributed by atoms with Crippen molar-refractivity contribution in [3.63, 3.8) is 0 Å². The third-order valence-corrected chi connectivity index (χ3v) is 5.38. The summed E-state index contributed by atoms with van der Waals surface area (Å²) in [5.74, 6) is -0.0371. The maximum Gasteiger partial charge on any atom is 0.262 e. The lowest BCUT2D eigenvalue weighted by atomic mass is 9.80. The zero-order chi connectivity index (χ0) is 14.9. The van der Waals surface area contributed by atoms with Crippen molar-refractivity contribution in [3.8, 4) is 0 Å². The van der Waals surface area contributed by atoms with Gasteiger partial charge in [0.15, 0.2) is 0 Å². The molecule has 110 valence electrons. The summed E-state index contributed by atoms with van der Waals surface area (Å²) in [4.78, 5) is 13.2. The van der Waals surface area contributed by atoms with Crippen LogP contribution in [-0.4, -0.2) is 16.6 Å². The number of hydrogen-bond donors (Lipinski definition) is 2. The number of aliphatic hydroxyl groups is 1. The van der Waals surface area contributed by atoms with E-state index in [0.717, 1.165) is 42.2 Å². The van der Waals surface area contributed by atoms with Gasteiger partial charge in [0.05, 0.1) is 10.4 Å². The highest BCUT2D eigenvalue weighted by Crippen LogP contribution is 2.33. The minimum Gasteiger partial charge on any atom is -0.510 e. The molecule has 3 rings (SSSR count). The molecular weight excluding hydrogens is 282 g/mol. The molecule has 1 heterocycles. The van der Waals surface area contributed by atoms with E-state index in [1.807, 2.05) is 30.3 Å². The van der Waals surface area contributed by atoms with Crippen LogP contribution < -0.4 is 5.32 Å². The Morgan fingerprint density at radius 2 is 1.95 bits per heavy atom. The monoisotopic (exact) mass is 301 g/mol. The second-order valence-corrected chi connectivity index (χ2v) is 6.78. The van der Waals surface area contributed by atoms with E-state index in [0.29, 0.717) is 4.88 Å². The molecule has 0 bridgehead atoms. The fourth-order valence-corrected chi connectivity index (χ4v) is 3.97. The van der Waals surface area contributed by atoms with Crippen molar-refractivity contribution in [1.29, 1.82) is 0 Å². The smallest absolute Gasteiger partial charge is 0.262 e. The first-order valence-corrected chi connectivity index (χ1v) is 8.12. The van der Waals surface area contributed by atoms with Gasteiger partial charge < -0.3 is 10.4 Å². The average molecular weight is 301 g/mol. The minimum atomic E-state index is -0.647. The van der Waals surface area contributed by atoms with Gasteiger partial charge in [-0.15, -0.1) is 11.3 Å². The van der Waals surface area contributed by atoms with E-state index in [2.05, 4.69) is 11.9 Å². The minimum absolute atomic E-state index is 0.0802. The lowest BCUT2D eigenvalue weighted by Gasteiger charge is -2.37. The molecular formula is C17H19NO2S. The number of thiophene rings is 1. The summed E-state index contributed by atoms with van der Waals surface area (Å²) in [5, 5.41) is 14.1. The third-order valence-electron chi connectivity index (χ3n) is 4.26. The Balaban J connectivity index is 1.85. The Morgan fingerprint density at radius 3 is 2.62 bits per heavy atom. The van der Waals surface area contributed by atoms with Crippen LogP contribution in [-0.2, 0) is 0 Å². The SMILES string of the molecule is C=C(O)C1(NC(=O)c2cc3ccccc3s2)CCCCC1. The molecule has 0 saturated heterocycles. The predicted molar refractivity (Wildman–Crippen MR) is 86.9 cm³/mol. The molecule has 1 amide bonds. The van der Waals surface area contributed by atoms with E-state index >= 15 is 0 Å². The molecule has 1 aromatic heterocycles. The van der Waals surface area contributed by atoms with Crippen LogP contribution in [0.4, 0.5) is 0 Å². The van der Waals surface area contributed by atoms with Crippen LogP contribution in [0.2, 0.25) is 0 Å². The maximum absolute atomic E-state index is 12.5. The second kappa shape index (κ2) is 5.53. The molecule has 0 spiro atoms. The zero-order valence-corrected chi connectivity index (χ0v) is 12.7. The number of carbonyl (C=O) groups is 1. The molecule has 2 aromatic rings. The van der Waals surface area contributed by atoms with Crippen molar-refractivity contribution in [2.24, 2.45) is 0 Å². The number of fused-ring (bicyclic) bond motifs is 1. The zero-order valence-electron chi connectivity index (χ0n) is 11.9. The normalized spacial score (nSPS) is 17.5.